The largest absolute Gasteiger partial charge is 0.394 e. The predicted octanol–water partition coefficient (Wildman–Crippen LogP) is -0.798. The summed E-state index contributed by atoms with van der Waals surface area (Å²) in [5.41, 5.74) is 0. The highest BCUT2D eigenvalue weighted by Crippen LogP contribution is 1.94. The Morgan fingerprint density at radius 2 is 2.21 bits per heavy atom. The molecular formula is C9H18N2O3. The van der Waals surface area contributed by atoms with E-state index in [1.165, 1.54) is 0 Å². The summed E-state index contributed by atoms with van der Waals surface area (Å²) >= 11 is 0. The second-order valence-corrected chi connectivity index (χ2v) is 3.04. The third-order valence-electron chi connectivity index (χ3n) is 1.83. The lowest BCUT2D eigenvalue weighted by atomic mass is 10.3. The Labute approximate surface area is 84.5 Å². The molecule has 0 aliphatic rings. The van der Waals surface area contributed by atoms with Crippen molar-refractivity contribution in [2.45, 2.75) is 12.5 Å². The molecule has 0 fully saturated rings. The molecule has 0 heterocycles. The lowest BCUT2D eigenvalue weighted by Crippen LogP contribution is -2.37. The zero-order valence-electron chi connectivity index (χ0n) is 8.52. The third-order valence-corrected chi connectivity index (χ3v) is 1.83. The van der Waals surface area contributed by atoms with Gasteiger partial charge in [-0.15, -0.1) is 0 Å². The van der Waals surface area contributed by atoms with Crippen LogP contribution in [0.1, 0.15) is 6.42 Å². The average Bonchev–Trinajstić information content (AvgIpc) is 2.21. The van der Waals surface area contributed by atoms with E-state index in [-0.39, 0.29) is 6.61 Å². The van der Waals surface area contributed by atoms with Crippen LogP contribution >= 0.6 is 0 Å². The number of methoxy groups -OCH3 is 1. The van der Waals surface area contributed by atoms with Crippen LogP contribution < -0.4 is 0 Å². The van der Waals surface area contributed by atoms with E-state index in [0.717, 1.165) is 0 Å². The van der Waals surface area contributed by atoms with Gasteiger partial charge in [0.1, 0.15) is 0 Å². The van der Waals surface area contributed by atoms with E-state index in [1.807, 2.05) is 11.0 Å². The maximum Gasteiger partial charge on any atom is 0.0897 e. The van der Waals surface area contributed by atoms with Crippen LogP contribution in [0, 0.1) is 11.3 Å². The minimum atomic E-state index is -0.745. The molecule has 14 heavy (non-hydrogen) atoms. The molecule has 5 nitrogen and oxygen atoms in total. The van der Waals surface area contributed by atoms with Crippen LogP contribution in [0.5, 0.6) is 0 Å². The van der Waals surface area contributed by atoms with Crippen LogP contribution in [0.4, 0.5) is 0 Å². The summed E-state index contributed by atoms with van der Waals surface area (Å²) in [6.45, 7) is 1.94. The Balaban J connectivity index is 3.78. The van der Waals surface area contributed by atoms with E-state index < -0.39 is 6.10 Å². The molecule has 0 saturated carbocycles. The molecule has 0 aliphatic heterocycles. The summed E-state index contributed by atoms with van der Waals surface area (Å²) in [4.78, 5) is 1.90. The molecule has 5 heteroatoms. The van der Waals surface area contributed by atoms with Crippen LogP contribution in [0.2, 0.25) is 0 Å². The molecule has 0 aromatic carbocycles. The van der Waals surface area contributed by atoms with E-state index >= 15 is 0 Å². The molecule has 0 radical (unpaired) electrons. The summed E-state index contributed by atoms with van der Waals surface area (Å²) in [5, 5.41) is 26.3. The number of nitrogens with zero attached hydrogens (tertiary/aromatic N) is 2. The van der Waals surface area contributed by atoms with Gasteiger partial charge in [0.25, 0.3) is 0 Å². The minimum Gasteiger partial charge on any atom is -0.394 e. The molecule has 1 unspecified atom stereocenters. The quantitative estimate of drug-likeness (QED) is 0.539. The fourth-order valence-electron chi connectivity index (χ4n) is 1.08. The van der Waals surface area contributed by atoms with E-state index in [0.29, 0.717) is 32.7 Å². The van der Waals surface area contributed by atoms with Crippen molar-refractivity contribution >= 4 is 0 Å². The number of aliphatic hydroxyl groups excluding tert-OH is 2. The second kappa shape index (κ2) is 8.91. The Bertz CT molecular complexity index is 170. The van der Waals surface area contributed by atoms with E-state index in [9.17, 15) is 5.11 Å². The fraction of sp³-hybridized carbons (Fsp3) is 0.889. The minimum absolute atomic E-state index is 0.254. The predicted molar refractivity (Wildman–Crippen MR) is 51.6 cm³/mol. The molecule has 0 saturated heterocycles. The highest BCUT2D eigenvalue weighted by atomic mass is 16.5. The zero-order valence-corrected chi connectivity index (χ0v) is 8.52. The van der Waals surface area contributed by atoms with Crippen LogP contribution in [0.15, 0.2) is 0 Å². The first-order valence-corrected chi connectivity index (χ1v) is 4.61. The molecule has 2 N–H and O–H groups in total. The summed E-state index contributed by atoms with van der Waals surface area (Å²) in [7, 11) is 1.60. The van der Waals surface area contributed by atoms with Crippen molar-refractivity contribution in [3.63, 3.8) is 0 Å². The average molecular weight is 202 g/mol. The lowest BCUT2D eigenvalue weighted by molar-refractivity contribution is 0.0504. The van der Waals surface area contributed by atoms with Crippen molar-refractivity contribution in [3.8, 4) is 6.07 Å². The van der Waals surface area contributed by atoms with Crippen molar-refractivity contribution in [3.05, 3.63) is 0 Å². The second-order valence-electron chi connectivity index (χ2n) is 3.04. The summed E-state index contributed by atoms with van der Waals surface area (Å²) in [5.74, 6) is 0. The third kappa shape index (κ3) is 6.80. The molecule has 0 spiro atoms. The van der Waals surface area contributed by atoms with Gasteiger partial charge in [-0.2, -0.15) is 5.26 Å². The monoisotopic (exact) mass is 202 g/mol. The SMILES string of the molecule is COCCN(CCC#N)CC(O)CO. The van der Waals surface area contributed by atoms with Gasteiger partial charge in [-0.1, -0.05) is 0 Å². The molecule has 0 aromatic rings. The highest BCUT2D eigenvalue weighted by Gasteiger charge is 2.09. The van der Waals surface area contributed by atoms with Crippen molar-refractivity contribution < 1.29 is 14.9 Å². The Morgan fingerprint density at radius 3 is 2.71 bits per heavy atom. The maximum atomic E-state index is 9.21. The number of aliphatic hydroxyl groups is 2. The maximum absolute atomic E-state index is 9.21. The molecule has 0 aliphatic carbocycles. The molecular weight excluding hydrogens is 184 g/mol. The van der Waals surface area contributed by atoms with Crippen molar-refractivity contribution in [2.75, 3.05) is 40.0 Å². The van der Waals surface area contributed by atoms with E-state index in [1.54, 1.807) is 7.11 Å². The smallest absolute Gasteiger partial charge is 0.0897 e. The number of ether oxygens (including phenoxy) is 1. The fourth-order valence-corrected chi connectivity index (χ4v) is 1.08. The lowest BCUT2D eigenvalue weighted by Gasteiger charge is -2.22. The Morgan fingerprint density at radius 1 is 1.50 bits per heavy atom. The topological polar surface area (TPSA) is 76.7 Å². The molecule has 0 amide bonds. The van der Waals surface area contributed by atoms with Gasteiger partial charge in [-0.25, -0.2) is 0 Å². The summed E-state index contributed by atoms with van der Waals surface area (Å²) in [6.07, 6.45) is -0.326. The van der Waals surface area contributed by atoms with Gasteiger partial charge in [0.15, 0.2) is 0 Å². The zero-order chi connectivity index (χ0) is 10.8. The van der Waals surface area contributed by atoms with Gasteiger partial charge < -0.3 is 14.9 Å². The Hall–Kier alpha value is -0.670. The van der Waals surface area contributed by atoms with Gasteiger partial charge in [0.2, 0.25) is 0 Å². The Kier molecular flexibility index (Phi) is 8.48. The highest BCUT2D eigenvalue weighted by molar-refractivity contribution is 4.73. The van der Waals surface area contributed by atoms with Crippen LogP contribution in [0.3, 0.4) is 0 Å². The first-order chi connectivity index (χ1) is 6.74. The van der Waals surface area contributed by atoms with E-state index in [2.05, 4.69) is 0 Å². The standard InChI is InChI=1S/C9H18N2O3/c1-14-6-5-11(4-2-3-10)7-9(13)8-12/h9,12-13H,2,4-8H2,1H3. The number of rotatable bonds is 8. The number of hydrogen-bond donors (Lipinski definition) is 2. The van der Waals surface area contributed by atoms with Crippen molar-refractivity contribution in [1.29, 1.82) is 5.26 Å². The molecule has 1 atom stereocenters. The molecule has 82 valence electrons. The number of hydrogen-bond acceptors (Lipinski definition) is 5. The van der Waals surface area contributed by atoms with Crippen LogP contribution in [-0.4, -0.2) is 61.2 Å². The van der Waals surface area contributed by atoms with Crippen molar-refractivity contribution in [1.82, 2.24) is 4.90 Å². The first kappa shape index (κ1) is 13.3. The van der Waals surface area contributed by atoms with Gasteiger partial charge >= 0.3 is 0 Å². The number of nitriles is 1. The van der Waals surface area contributed by atoms with Crippen molar-refractivity contribution in [2.24, 2.45) is 0 Å². The summed E-state index contributed by atoms with van der Waals surface area (Å²) in [6, 6.07) is 2.04. The first-order valence-electron chi connectivity index (χ1n) is 4.61. The van der Waals surface area contributed by atoms with Gasteiger partial charge in [0.05, 0.1) is 25.4 Å². The van der Waals surface area contributed by atoms with E-state index in [4.69, 9.17) is 15.1 Å². The summed E-state index contributed by atoms with van der Waals surface area (Å²) < 4.78 is 4.90. The molecule has 0 bridgehead atoms. The normalized spacial score (nSPS) is 12.8. The van der Waals surface area contributed by atoms with Gasteiger partial charge in [-0.3, -0.25) is 4.90 Å². The van der Waals surface area contributed by atoms with Gasteiger partial charge in [0, 0.05) is 33.2 Å². The molecule has 0 rings (SSSR count). The van der Waals surface area contributed by atoms with Crippen LogP contribution in [0.25, 0.3) is 0 Å². The van der Waals surface area contributed by atoms with Gasteiger partial charge in [-0.05, 0) is 0 Å². The van der Waals surface area contributed by atoms with Crippen LogP contribution in [-0.2, 0) is 4.74 Å². The molecule has 0 aromatic heterocycles.